The Morgan fingerprint density at radius 2 is 1.88 bits per heavy atom. The van der Waals surface area contributed by atoms with Crippen molar-refractivity contribution in [2.45, 2.75) is 52.2 Å². The normalized spacial score (nSPS) is 15.3. The third kappa shape index (κ3) is 4.23. The maximum Gasteiger partial charge on any atom is 0.257 e. The van der Waals surface area contributed by atoms with Crippen LogP contribution in [0, 0.1) is 6.92 Å². The molecule has 6 heteroatoms. The molecule has 1 N–H and O–H groups in total. The van der Waals surface area contributed by atoms with Crippen molar-refractivity contribution in [2.24, 2.45) is 0 Å². The summed E-state index contributed by atoms with van der Waals surface area (Å²) in [6, 6.07) is 16.4. The molecule has 0 saturated heterocycles. The first-order chi connectivity index (χ1) is 15.6. The lowest BCUT2D eigenvalue weighted by atomic mass is 10.1. The van der Waals surface area contributed by atoms with Gasteiger partial charge in [0, 0.05) is 30.9 Å². The average Bonchev–Trinajstić information content (AvgIpc) is 3.25. The molecule has 1 aliphatic heterocycles. The van der Waals surface area contributed by atoms with Crippen molar-refractivity contribution in [1.82, 2.24) is 14.5 Å². The van der Waals surface area contributed by atoms with E-state index in [0.29, 0.717) is 18.8 Å². The molecule has 32 heavy (non-hydrogen) atoms. The van der Waals surface area contributed by atoms with Crippen LogP contribution in [0.2, 0.25) is 0 Å². The quantitative estimate of drug-likeness (QED) is 0.678. The number of carbonyl (C=O) groups excluding carboxylic acids is 1. The van der Waals surface area contributed by atoms with Gasteiger partial charge in [-0.1, -0.05) is 36.4 Å². The number of rotatable bonds is 5. The summed E-state index contributed by atoms with van der Waals surface area (Å²) >= 11 is 0. The van der Waals surface area contributed by atoms with Crippen molar-refractivity contribution < 1.29 is 4.79 Å². The van der Waals surface area contributed by atoms with Gasteiger partial charge in [-0.15, -0.1) is 0 Å². The van der Waals surface area contributed by atoms with Crippen LogP contribution in [-0.2, 0) is 43.7 Å². The van der Waals surface area contributed by atoms with Crippen LogP contribution >= 0.6 is 0 Å². The predicted octanol–water partition coefficient (Wildman–Crippen LogP) is 3.24. The second-order valence-corrected chi connectivity index (χ2v) is 8.81. The molecule has 1 aliphatic carbocycles. The lowest BCUT2D eigenvalue weighted by Gasteiger charge is -2.28. The van der Waals surface area contributed by atoms with E-state index >= 15 is 0 Å². The number of hydrogen-bond donors (Lipinski definition) is 1. The summed E-state index contributed by atoms with van der Waals surface area (Å²) in [7, 11) is 0. The van der Waals surface area contributed by atoms with E-state index in [9.17, 15) is 9.59 Å². The molecule has 6 nitrogen and oxygen atoms in total. The standard InChI is InChI=1S/C26H28N4O2/c1-18-27-24-16-29(15-19-6-3-2-4-7-19)13-12-23(24)26(32)30(18)17-25(31)28-22-11-10-20-8-5-9-21(20)14-22/h2-4,6-7,10-11,14H,5,8-9,12-13,15-17H2,1H3,(H,28,31). The predicted molar refractivity (Wildman–Crippen MR) is 125 cm³/mol. The molecule has 0 fully saturated rings. The van der Waals surface area contributed by atoms with Crippen LogP contribution in [0.15, 0.2) is 53.3 Å². The summed E-state index contributed by atoms with van der Waals surface area (Å²) in [6.07, 6.45) is 4.00. The van der Waals surface area contributed by atoms with E-state index in [1.807, 2.05) is 24.3 Å². The van der Waals surface area contributed by atoms with Crippen LogP contribution in [0.1, 0.15) is 40.2 Å². The fourth-order valence-electron chi connectivity index (χ4n) is 4.86. The number of anilines is 1. The molecule has 0 atom stereocenters. The van der Waals surface area contributed by atoms with Gasteiger partial charge < -0.3 is 5.32 Å². The number of amides is 1. The van der Waals surface area contributed by atoms with Crippen LogP contribution < -0.4 is 10.9 Å². The van der Waals surface area contributed by atoms with E-state index in [0.717, 1.165) is 42.9 Å². The zero-order chi connectivity index (χ0) is 22.1. The van der Waals surface area contributed by atoms with Crippen molar-refractivity contribution in [1.29, 1.82) is 0 Å². The van der Waals surface area contributed by atoms with Crippen molar-refractivity contribution in [3.8, 4) is 0 Å². The third-order valence-electron chi connectivity index (χ3n) is 6.52. The maximum atomic E-state index is 13.2. The van der Waals surface area contributed by atoms with Crippen LogP contribution in [-0.4, -0.2) is 26.9 Å². The van der Waals surface area contributed by atoms with E-state index < -0.39 is 0 Å². The lowest BCUT2D eigenvalue weighted by Crippen LogP contribution is -2.39. The number of benzene rings is 2. The first-order valence-electron chi connectivity index (χ1n) is 11.3. The van der Waals surface area contributed by atoms with Gasteiger partial charge in [-0.3, -0.25) is 19.1 Å². The monoisotopic (exact) mass is 428 g/mol. The molecule has 2 aliphatic rings. The van der Waals surface area contributed by atoms with Gasteiger partial charge in [-0.25, -0.2) is 4.98 Å². The van der Waals surface area contributed by atoms with Gasteiger partial charge in [-0.2, -0.15) is 0 Å². The zero-order valence-electron chi connectivity index (χ0n) is 18.4. The summed E-state index contributed by atoms with van der Waals surface area (Å²) in [6.45, 7) is 4.09. The summed E-state index contributed by atoms with van der Waals surface area (Å²) in [5.74, 6) is 0.385. The fraction of sp³-hybridized carbons (Fsp3) is 0.346. The highest BCUT2D eigenvalue weighted by molar-refractivity contribution is 5.90. The molecule has 3 aromatic rings. The Morgan fingerprint density at radius 3 is 2.72 bits per heavy atom. The van der Waals surface area contributed by atoms with E-state index in [4.69, 9.17) is 4.98 Å². The molecule has 0 radical (unpaired) electrons. The molecule has 2 aromatic carbocycles. The van der Waals surface area contributed by atoms with Gasteiger partial charge in [0.1, 0.15) is 12.4 Å². The number of fused-ring (bicyclic) bond motifs is 2. The SMILES string of the molecule is Cc1nc2c(c(=O)n1CC(=O)Nc1ccc3c(c1)CCC3)CCN(Cc1ccccc1)C2. The van der Waals surface area contributed by atoms with Gasteiger partial charge >= 0.3 is 0 Å². The minimum Gasteiger partial charge on any atom is -0.325 e. The number of aryl methyl sites for hydroxylation is 3. The summed E-state index contributed by atoms with van der Waals surface area (Å²) in [5, 5.41) is 2.95. The highest BCUT2D eigenvalue weighted by Crippen LogP contribution is 2.25. The fourth-order valence-corrected chi connectivity index (χ4v) is 4.86. The Kier molecular flexibility index (Phi) is 5.62. The smallest absolute Gasteiger partial charge is 0.257 e. The minimum atomic E-state index is -0.198. The van der Waals surface area contributed by atoms with Crippen LogP contribution in [0.5, 0.6) is 0 Å². The topological polar surface area (TPSA) is 67.2 Å². The third-order valence-corrected chi connectivity index (χ3v) is 6.52. The van der Waals surface area contributed by atoms with E-state index in [1.165, 1.54) is 27.7 Å². The molecule has 1 amide bonds. The van der Waals surface area contributed by atoms with Gasteiger partial charge in [0.25, 0.3) is 5.56 Å². The van der Waals surface area contributed by atoms with E-state index in [2.05, 4.69) is 34.5 Å². The molecule has 0 saturated carbocycles. The molecule has 0 spiro atoms. The Hall–Kier alpha value is -3.25. The van der Waals surface area contributed by atoms with Gasteiger partial charge in [0.15, 0.2) is 0 Å². The summed E-state index contributed by atoms with van der Waals surface area (Å²) in [4.78, 5) is 32.9. The minimum absolute atomic E-state index is 0.0181. The molecular formula is C26H28N4O2. The first kappa shape index (κ1) is 20.6. The van der Waals surface area contributed by atoms with Crippen molar-refractivity contribution in [3.05, 3.63) is 92.7 Å². The van der Waals surface area contributed by atoms with Gasteiger partial charge in [-0.05, 0) is 61.4 Å². The van der Waals surface area contributed by atoms with Crippen molar-refractivity contribution in [2.75, 3.05) is 11.9 Å². The Morgan fingerprint density at radius 1 is 1.06 bits per heavy atom. The highest BCUT2D eigenvalue weighted by atomic mass is 16.2. The Bertz CT molecular complexity index is 1220. The van der Waals surface area contributed by atoms with Gasteiger partial charge in [0.05, 0.1) is 5.69 Å². The van der Waals surface area contributed by atoms with E-state index in [-0.39, 0.29) is 18.0 Å². The number of hydrogen-bond acceptors (Lipinski definition) is 4. The molecular weight excluding hydrogens is 400 g/mol. The molecule has 5 rings (SSSR count). The molecule has 0 bridgehead atoms. The number of nitrogens with zero attached hydrogens (tertiary/aromatic N) is 3. The van der Waals surface area contributed by atoms with Crippen LogP contribution in [0.25, 0.3) is 0 Å². The number of nitrogens with one attached hydrogen (secondary N) is 1. The van der Waals surface area contributed by atoms with Crippen LogP contribution in [0.3, 0.4) is 0 Å². The molecule has 164 valence electrons. The first-order valence-corrected chi connectivity index (χ1v) is 11.3. The highest BCUT2D eigenvalue weighted by Gasteiger charge is 2.23. The van der Waals surface area contributed by atoms with Crippen LogP contribution in [0.4, 0.5) is 5.69 Å². The Labute approximate surface area is 187 Å². The molecule has 0 unspecified atom stereocenters. The summed E-state index contributed by atoms with van der Waals surface area (Å²) < 4.78 is 1.51. The average molecular weight is 429 g/mol. The van der Waals surface area contributed by atoms with Gasteiger partial charge in [0.2, 0.25) is 5.91 Å². The second kappa shape index (κ2) is 8.71. The number of aromatic nitrogens is 2. The van der Waals surface area contributed by atoms with Crippen molar-refractivity contribution in [3.63, 3.8) is 0 Å². The van der Waals surface area contributed by atoms with E-state index in [1.54, 1.807) is 6.92 Å². The van der Waals surface area contributed by atoms with Crippen molar-refractivity contribution >= 4 is 11.6 Å². The second-order valence-electron chi connectivity index (χ2n) is 8.81. The largest absolute Gasteiger partial charge is 0.325 e. The summed E-state index contributed by atoms with van der Waals surface area (Å²) in [5.41, 5.74) is 6.22. The maximum absolute atomic E-state index is 13.2. The molecule has 2 heterocycles. The lowest BCUT2D eigenvalue weighted by molar-refractivity contribution is -0.116. The molecule has 1 aromatic heterocycles. The zero-order valence-corrected chi connectivity index (χ0v) is 18.4. The number of carbonyl (C=O) groups is 1. The Balaban J connectivity index is 1.29.